The standard InChI is InChI=1S/C23H21N3OS2/c1-4-25-22(27)20(29-23(25)28)13-17-14-26(18-8-6-5-7-9-18)24-21(17)19-12-15(2)10-11-16(19)3/h5-14H,4H2,1-3H3/b20-13-. The summed E-state index contributed by atoms with van der Waals surface area (Å²) >= 11 is 6.71. The highest BCUT2D eigenvalue weighted by Gasteiger charge is 2.31. The van der Waals surface area contributed by atoms with E-state index in [2.05, 4.69) is 32.0 Å². The third-order valence-electron chi connectivity index (χ3n) is 4.89. The monoisotopic (exact) mass is 419 g/mol. The zero-order chi connectivity index (χ0) is 20.5. The number of amides is 1. The highest BCUT2D eigenvalue weighted by Crippen LogP contribution is 2.35. The zero-order valence-corrected chi connectivity index (χ0v) is 18.2. The maximum absolute atomic E-state index is 12.7. The fraction of sp³-hybridized carbons (Fsp3) is 0.174. The number of aryl methyl sites for hydroxylation is 2. The van der Waals surface area contributed by atoms with Gasteiger partial charge in [-0.15, -0.1) is 0 Å². The van der Waals surface area contributed by atoms with Crippen LogP contribution >= 0.6 is 24.0 Å². The van der Waals surface area contributed by atoms with Crippen LogP contribution in [0.2, 0.25) is 0 Å². The summed E-state index contributed by atoms with van der Waals surface area (Å²) in [7, 11) is 0. The van der Waals surface area contributed by atoms with Crippen molar-refractivity contribution in [2.45, 2.75) is 20.8 Å². The van der Waals surface area contributed by atoms with E-state index in [1.807, 2.05) is 54.2 Å². The summed E-state index contributed by atoms with van der Waals surface area (Å²) in [4.78, 5) is 15.0. The summed E-state index contributed by atoms with van der Waals surface area (Å²) in [6, 6.07) is 16.3. The van der Waals surface area contributed by atoms with Crippen molar-refractivity contribution in [3.05, 3.63) is 76.3 Å². The molecule has 29 heavy (non-hydrogen) atoms. The van der Waals surface area contributed by atoms with Gasteiger partial charge in [0.05, 0.1) is 10.6 Å². The Morgan fingerprint density at radius 2 is 1.90 bits per heavy atom. The molecule has 0 atom stereocenters. The van der Waals surface area contributed by atoms with Crippen molar-refractivity contribution < 1.29 is 4.79 Å². The minimum atomic E-state index is -0.0399. The minimum absolute atomic E-state index is 0.0399. The molecule has 6 heteroatoms. The van der Waals surface area contributed by atoms with Crippen molar-refractivity contribution in [3.63, 3.8) is 0 Å². The second-order valence-corrected chi connectivity index (χ2v) is 8.63. The van der Waals surface area contributed by atoms with Crippen molar-refractivity contribution >= 4 is 40.3 Å². The fourth-order valence-corrected chi connectivity index (χ4v) is 4.70. The van der Waals surface area contributed by atoms with Gasteiger partial charge in [0, 0.05) is 23.9 Å². The van der Waals surface area contributed by atoms with E-state index in [1.54, 1.807) is 4.90 Å². The fourth-order valence-electron chi connectivity index (χ4n) is 3.32. The van der Waals surface area contributed by atoms with Gasteiger partial charge in [-0.1, -0.05) is 59.9 Å². The lowest BCUT2D eigenvalue weighted by atomic mass is 10.0. The van der Waals surface area contributed by atoms with Gasteiger partial charge in [0.25, 0.3) is 5.91 Å². The molecule has 2 aromatic carbocycles. The van der Waals surface area contributed by atoms with Crippen molar-refractivity contribution in [2.75, 3.05) is 6.54 Å². The molecule has 1 saturated heterocycles. The highest BCUT2D eigenvalue weighted by molar-refractivity contribution is 8.26. The Bertz CT molecular complexity index is 1130. The number of likely N-dealkylation sites (N-methyl/N-ethyl adjacent to an activating group) is 1. The van der Waals surface area contributed by atoms with Crippen molar-refractivity contribution in [1.82, 2.24) is 14.7 Å². The maximum atomic E-state index is 12.7. The number of para-hydroxylation sites is 1. The van der Waals surface area contributed by atoms with Crippen LogP contribution in [0.5, 0.6) is 0 Å². The lowest BCUT2D eigenvalue weighted by molar-refractivity contribution is -0.121. The number of nitrogens with zero attached hydrogens (tertiary/aromatic N) is 3. The molecular formula is C23H21N3OS2. The molecule has 4 rings (SSSR count). The van der Waals surface area contributed by atoms with E-state index in [4.69, 9.17) is 17.3 Å². The number of aromatic nitrogens is 2. The number of thiocarbonyl (C=S) groups is 1. The first-order valence-corrected chi connectivity index (χ1v) is 10.7. The summed E-state index contributed by atoms with van der Waals surface area (Å²) in [6.45, 7) is 6.66. The molecule has 0 radical (unpaired) electrons. The van der Waals surface area contributed by atoms with Gasteiger partial charge >= 0.3 is 0 Å². The van der Waals surface area contributed by atoms with E-state index in [-0.39, 0.29) is 5.91 Å². The Morgan fingerprint density at radius 3 is 2.59 bits per heavy atom. The lowest BCUT2D eigenvalue weighted by Gasteiger charge is -2.09. The Morgan fingerprint density at radius 1 is 1.14 bits per heavy atom. The maximum Gasteiger partial charge on any atom is 0.266 e. The first-order valence-electron chi connectivity index (χ1n) is 9.46. The summed E-state index contributed by atoms with van der Waals surface area (Å²) in [5, 5.41) is 4.88. The van der Waals surface area contributed by atoms with Gasteiger partial charge < -0.3 is 0 Å². The number of carbonyl (C=O) groups excluding carboxylic acids is 1. The largest absolute Gasteiger partial charge is 0.293 e. The van der Waals surface area contributed by atoms with Gasteiger partial charge in [0.1, 0.15) is 10.0 Å². The Kier molecular flexibility index (Phi) is 5.39. The third-order valence-corrected chi connectivity index (χ3v) is 6.27. The Hall–Kier alpha value is -2.70. The van der Waals surface area contributed by atoms with E-state index in [0.29, 0.717) is 15.8 Å². The molecule has 0 N–H and O–H groups in total. The van der Waals surface area contributed by atoms with E-state index in [0.717, 1.165) is 28.1 Å². The summed E-state index contributed by atoms with van der Waals surface area (Å²) in [5.74, 6) is -0.0399. The minimum Gasteiger partial charge on any atom is -0.293 e. The van der Waals surface area contributed by atoms with Gasteiger partial charge in [-0.05, 0) is 50.6 Å². The van der Waals surface area contributed by atoms with Gasteiger partial charge in [-0.2, -0.15) is 5.10 Å². The van der Waals surface area contributed by atoms with Crippen LogP contribution in [0.15, 0.2) is 59.6 Å². The molecule has 1 fully saturated rings. The van der Waals surface area contributed by atoms with Gasteiger partial charge in [0.15, 0.2) is 0 Å². The summed E-state index contributed by atoms with van der Waals surface area (Å²) in [5.41, 5.74) is 6.11. The van der Waals surface area contributed by atoms with Crippen LogP contribution in [0.1, 0.15) is 23.6 Å². The molecule has 4 nitrogen and oxygen atoms in total. The molecule has 0 bridgehead atoms. The second-order valence-electron chi connectivity index (χ2n) is 6.96. The Labute approximate surface area is 180 Å². The van der Waals surface area contributed by atoms with Crippen LogP contribution in [0.4, 0.5) is 0 Å². The number of hydrogen-bond acceptors (Lipinski definition) is 4. The quantitative estimate of drug-likeness (QED) is 0.420. The van der Waals surface area contributed by atoms with Gasteiger partial charge in [-0.25, -0.2) is 4.68 Å². The highest BCUT2D eigenvalue weighted by atomic mass is 32.2. The predicted octanol–water partition coefficient (Wildman–Crippen LogP) is 5.38. The number of benzene rings is 2. The smallest absolute Gasteiger partial charge is 0.266 e. The average molecular weight is 420 g/mol. The average Bonchev–Trinajstić information content (AvgIpc) is 3.25. The van der Waals surface area contributed by atoms with Gasteiger partial charge in [-0.3, -0.25) is 9.69 Å². The number of carbonyl (C=O) groups is 1. The summed E-state index contributed by atoms with van der Waals surface area (Å²) in [6.07, 6.45) is 3.89. The van der Waals surface area contributed by atoms with Crippen LogP contribution in [0.25, 0.3) is 23.0 Å². The third kappa shape index (κ3) is 3.78. The van der Waals surface area contributed by atoms with E-state index in [1.165, 1.54) is 17.3 Å². The van der Waals surface area contributed by atoms with Gasteiger partial charge in [0.2, 0.25) is 0 Å². The number of rotatable bonds is 4. The normalized spacial score (nSPS) is 15.6. The molecule has 1 amide bonds. The SMILES string of the molecule is CCN1C(=O)/C(=C/c2cn(-c3ccccc3)nc2-c2cc(C)ccc2C)SC1=S. The lowest BCUT2D eigenvalue weighted by Crippen LogP contribution is -2.27. The topological polar surface area (TPSA) is 38.1 Å². The van der Waals surface area contributed by atoms with Crippen LogP contribution in [0, 0.1) is 13.8 Å². The number of hydrogen-bond donors (Lipinski definition) is 0. The molecule has 2 heterocycles. The molecule has 1 aliphatic rings. The first-order chi connectivity index (χ1) is 14.0. The second kappa shape index (κ2) is 7.97. The van der Waals surface area contributed by atoms with E-state index in [9.17, 15) is 4.79 Å². The zero-order valence-electron chi connectivity index (χ0n) is 16.5. The molecule has 3 aromatic rings. The molecule has 0 unspecified atom stereocenters. The van der Waals surface area contributed by atoms with Crippen LogP contribution in [-0.4, -0.2) is 31.5 Å². The first kappa shape index (κ1) is 19.6. The van der Waals surface area contributed by atoms with Crippen LogP contribution in [0.3, 0.4) is 0 Å². The Balaban J connectivity index is 1.87. The van der Waals surface area contributed by atoms with Crippen LogP contribution in [-0.2, 0) is 4.79 Å². The van der Waals surface area contributed by atoms with Crippen molar-refractivity contribution in [1.29, 1.82) is 0 Å². The summed E-state index contributed by atoms with van der Waals surface area (Å²) < 4.78 is 2.47. The van der Waals surface area contributed by atoms with E-state index < -0.39 is 0 Å². The molecule has 1 aliphatic heterocycles. The molecule has 0 spiro atoms. The predicted molar refractivity (Wildman–Crippen MR) is 124 cm³/mol. The van der Waals surface area contributed by atoms with Crippen molar-refractivity contribution in [2.24, 2.45) is 0 Å². The van der Waals surface area contributed by atoms with E-state index >= 15 is 0 Å². The molecule has 146 valence electrons. The van der Waals surface area contributed by atoms with Crippen LogP contribution < -0.4 is 0 Å². The molecule has 1 aromatic heterocycles. The molecule has 0 aliphatic carbocycles. The molecular weight excluding hydrogens is 398 g/mol. The molecule has 0 saturated carbocycles. The van der Waals surface area contributed by atoms with Crippen molar-refractivity contribution in [3.8, 4) is 16.9 Å². The number of thioether (sulfide) groups is 1.